The lowest BCUT2D eigenvalue weighted by molar-refractivity contribution is -0.115. The summed E-state index contributed by atoms with van der Waals surface area (Å²) in [6.07, 6.45) is 11.4. The summed E-state index contributed by atoms with van der Waals surface area (Å²) < 4.78 is 0. The fraction of sp³-hybridized carbons (Fsp3) is 0.238. The van der Waals surface area contributed by atoms with E-state index in [1.807, 2.05) is 35.2 Å². The fourth-order valence-electron chi connectivity index (χ4n) is 9.65. The number of aromatic nitrogens is 12. The van der Waals surface area contributed by atoms with Gasteiger partial charge in [-0.1, -0.05) is 41.4 Å². The highest BCUT2D eigenvalue weighted by molar-refractivity contribution is 6.35. The molecule has 27 nitrogen and oxygen atoms in total. The molecule has 12 rings (SSSR count). The third-order valence-electron chi connectivity index (χ3n) is 13.9. The lowest BCUT2D eigenvalue weighted by Gasteiger charge is -2.16. The molecule has 6 amide bonds. The van der Waals surface area contributed by atoms with Crippen LogP contribution >= 0.6 is 23.2 Å². The van der Waals surface area contributed by atoms with Crippen LogP contribution in [0.15, 0.2) is 134 Å². The molecule has 0 spiro atoms. The average Bonchev–Trinajstić information content (AvgIpc) is 1.42. The van der Waals surface area contributed by atoms with Gasteiger partial charge in [0.05, 0.1) is 21.2 Å². The number of carbonyl (C=O) groups excluding carboxylic acids is 6. The molecule has 9 heterocycles. The van der Waals surface area contributed by atoms with Gasteiger partial charge >= 0.3 is 0 Å². The minimum Gasteiger partial charge on any atom is -0.341 e. The number of pyridine rings is 3. The monoisotopic (exact) mass is 1280 g/mol. The normalized spacial score (nSPS) is 13.2. The Labute approximate surface area is 537 Å². The van der Waals surface area contributed by atoms with Gasteiger partial charge in [0.15, 0.2) is 17.5 Å². The van der Waals surface area contributed by atoms with Crippen LogP contribution in [-0.2, 0) is 14.4 Å². The molecule has 0 unspecified atom stereocenters. The van der Waals surface area contributed by atoms with E-state index < -0.39 is 11.8 Å². The Morgan fingerprint density at radius 2 is 0.717 bits per heavy atom. The number of benzene rings is 3. The van der Waals surface area contributed by atoms with Crippen LogP contribution < -0.4 is 46.6 Å². The zero-order valence-corrected chi connectivity index (χ0v) is 51.6. The second kappa shape index (κ2) is 30.4. The zero-order chi connectivity index (χ0) is 64.5. The molecule has 29 heteroatoms. The molecule has 3 aromatic carbocycles. The molecular weight excluding hydrogens is 1220 g/mol. The van der Waals surface area contributed by atoms with Crippen molar-refractivity contribution < 1.29 is 28.8 Å². The highest BCUT2D eigenvalue weighted by Crippen LogP contribution is 2.28. The van der Waals surface area contributed by atoms with Gasteiger partial charge in [-0.3, -0.25) is 59.7 Å². The summed E-state index contributed by atoms with van der Waals surface area (Å²) in [6, 6.07) is 32.3. The molecular formula is C63H61Cl2N21O6. The summed E-state index contributed by atoms with van der Waals surface area (Å²) in [5.74, 6) is 1.08. The van der Waals surface area contributed by atoms with E-state index in [2.05, 4.69) is 102 Å². The van der Waals surface area contributed by atoms with Crippen LogP contribution in [0.3, 0.4) is 0 Å². The Kier molecular flexibility index (Phi) is 21.2. The molecule has 0 saturated carbocycles. The maximum atomic E-state index is 12.9. The SMILES string of the molecule is CC(=O)Nc1ccc(C(=O)Nc2nc(-c3ccccn3)nc(N3CCCC3)n2)c(Cl)c1.CC(=O)Nc1ccc(C(=O)Nc2nc(-c3ccccn3)nc(N3CCCC3)n2)cc1.CC(=O)Nc1ccc(Cl)c(C(=O)Nc2nc(-c3ccccn3)nc(N3CCCC3)n2)c1. The average molecular weight is 1280 g/mol. The largest absolute Gasteiger partial charge is 0.341 e. The predicted octanol–water partition coefficient (Wildman–Crippen LogP) is 9.54. The van der Waals surface area contributed by atoms with Crippen molar-refractivity contribution in [2.45, 2.75) is 59.3 Å². The summed E-state index contributed by atoms with van der Waals surface area (Å²) in [6.45, 7) is 9.30. The molecule has 3 aliphatic rings. The lowest BCUT2D eigenvalue weighted by atomic mass is 10.2. The summed E-state index contributed by atoms with van der Waals surface area (Å²) in [5.41, 5.74) is 4.20. The topological polar surface area (TPSA) is 339 Å². The first-order chi connectivity index (χ1) is 44.6. The van der Waals surface area contributed by atoms with Gasteiger partial charge < -0.3 is 30.7 Å². The van der Waals surface area contributed by atoms with Crippen LogP contribution in [0.25, 0.3) is 34.6 Å². The Bertz CT molecular complexity index is 4120. The second-order valence-corrected chi connectivity index (χ2v) is 21.8. The Morgan fingerprint density at radius 3 is 1.10 bits per heavy atom. The van der Waals surface area contributed by atoms with Crippen LogP contribution in [0.2, 0.25) is 10.0 Å². The van der Waals surface area contributed by atoms with E-state index in [4.69, 9.17) is 23.2 Å². The summed E-state index contributed by atoms with van der Waals surface area (Å²) in [4.78, 5) is 131. The van der Waals surface area contributed by atoms with E-state index in [9.17, 15) is 28.8 Å². The second-order valence-electron chi connectivity index (χ2n) is 20.9. The predicted molar refractivity (Wildman–Crippen MR) is 350 cm³/mol. The van der Waals surface area contributed by atoms with E-state index >= 15 is 0 Å². The highest BCUT2D eigenvalue weighted by Gasteiger charge is 2.24. The third-order valence-corrected chi connectivity index (χ3v) is 14.6. The molecule has 0 aliphatic carbocycles. The van der Waals surface area contributed by atoms with Crippen molar-refractivity contribution in [1.29, 1.82) is 0 Å². The number of nitrogens with one attached hydrogen (secondary N) is 6. The number of hydrogen-bond donors (Lipinski definition) is 6. The first kappa shape index (κ1) is 63.9. The van der Waals surface area contributed by atoms with Crippen molar-refractivity contribution in [2.75, 3.05) is 85.9 Å². The van der Waals surface area contributed by atoms with Gasteiger partial charge in [-0.2, -0.15) is 44.9 Å². The maximum absolute atomic E-state index is 12.9. The van der Waals surface area contributed by atoms with Gasteiger partial charge in [0.2, 0.25) is 53.4 Å². The first-order valence-electron chi connectivity index (χ1n) is 29.3. The molecule has 0 radical (unpaired) electrons. The summed E-state index contributed by atoms with van der Waals surface area (Å²) >= 11 is 12.5. The molecule has 92 heavy (non-hydrogen) atoms. The molecule has 3 fully saturated rings. The number of carbonyl (C=O) groups is 6. The molecule has 3 saturated heterocycles. The van der Waals surface area contributed by atoms with E-state index in [0.29, 0.717) is 75.0 Å². The number of nitrogens with zero attached hydrogens (tertiary/aromatic N) is 15. The fourth-order valence-corrected chi connectivity index (χ4v) is 10.1. The van der Waals surface area contributed by atoms with Crippen molar-refractivity contribution in [3.63, 3.8) is 0 Å². The third kappa shape index (κ3) is 17.4. The van der Waals surface area contributed by atoms with Crippen molar-refractivity contribution in [2.24, 2.45) is 0 Å². The van der Waals surface area contributed by atoms with E-state index in [1.165, 1.54) is 39.0 Å². The molecule has 3 aliphatic heterocycles. The number of hydrogen-bond acceptors (Lipinski definition) is 21. The van der Waals surface area contributed by atoms with Crippen LogP contribution in [0.5, 0.6) is 0 Å². The minimum absolute atomic E-state index is 0.101. The highest BCUT2D eigenvalue weighted by atomic mass is 35.5. The van der Waals surface area contributed by atoms with Gasteiger partial charge in [0.1, 0.15) is 17.1 Å². The first-order valence-corrected chi connectivity index (χ1v) is 30.1. The van der Waals surface area contributed by atoms with E-state index in [-0.39, 0.29) is 62.6 Å². The number of anilines is 9. The van der Waals surface area contributed by atoms with Crippen LogP contribution in [0.4, 0.5) is 52.8 Å². The van der Waals surface area contributed by atoms with Crippen molar-refractivity contribution >= 4 is 111 Å². The molecule has 468 valence electrons. The van der Waals surface area contributed by atoms with Gasteiger partial charge in [-0.25, -0.2) is 0 Å². The Balaban J connectivity index is 0.000000151. The van der Waals surface area contributed by atoms with Crippen LogP contribution in [0.1, 0.15) is 90.4 Å². The quantitative estimate of drug-likeness (QED) is 0.0556. The molecule has 6 N–H and O–H groups in total. The van der Waals surface area contributed by atoms with Gasteiger partial charge in [-0.15, -0.1) is 0 Å². The van der Waals surface area contributed by atoms with Gasteiger partial charge in [-0.05, 0) is 136 Å². The van der Waals surface area contributed by atoms with Gasteiger partial charge in [0.25, 0.3) is 17.7 Å². The number of amides is 6. The maximum Gasteiger partial charge on any atom is 0.259 e. The summed E-state index contributed by atoms with van der Waals surface area (Å²) in [7, 11) is 0. The van der Waals surface area contributed by atoms with E-state index in [1.54, 1.807) is 85.3 Å². The molecule has 9 aromatic rings. The van der Waals surface area contributed by atoms with Crippen LogP contribution in [-0.4, -0.2) is 135 Å². The molecule has 0 bridgehead atoms. The van der Waals surface area contributed by atoms with Crippen molar-refractivity contribution in [3.05, 3.63) is 161 Å². The van der Waals surface area contributed by atoms with Crippen molar-refractivity contribution in [1.82, 2.24) is 59.8 Å². The molecule has 0 atom stereocenters. The number of rotatable bonds is 15. The standard InChI is InChI=1S/2C21H20ClN7O2.C21H21N7O2/c1-13(30)24-14-7-8-16(22)15(12-14)19(31)27-20-25-18(17-6-2-3-9-23-17)26-21(28-20)29-10-4-5-11-29;1-13(30)24-14-7-8-15(16(22)12-14)19(31)27-20-25-18(17-6-2-3-9-23-17)26-21(28-20)29-10-4-5-11-29;1-14(29)23-16-9-7-15(8-10-16)19(30)26-20-24-18(17-6-2-3-11-22-17)25-21(27-20)28-12-4-5-13-28/h2*2-3,6-9,12H,4-5,10-11H2,1H3,(H,24,30)(H,25,26,27,28,31);2-3,6-11H,4-5,12-13H2,1H3,(H,23,29)(H,24,25,26,27,30). The van der Waals surface area contributed by atoms with Crippen molar-refractivity contribution in [3.8, 4) is 34.6 Å². The summed E-state index contributed by atoms with van der Waals surface area (Å²) in [5, 5.41) is 16.5. The Hall–Kier alpha value is -11.1. The minimum atomic E-state index is -0.497. The number of halogens is 2. The Morgan fingerprint density at radius 1 is 0.359 bits per heavy atom. The zero-order valence-electron chi connectivity index (χ0n) is 50.1. The van der Waals surface area contributed by atoms with Crippen LogP contribution in [0, 0.1) is 0 Å². The van der Waals surface area contributed by atoms with Gasteiger partial charge in [0, 0.05) is 101 Å². The van der Waals surface area contributed by atoms with E-state index in [0.717, 1.165) is 77.8 Å². The lowest BCUT2D eigenvalue weighted by Crippen LogP contribution is -2.23. The molecule has 6 aromatic heterocycles. The smallest absolute Gasteiger partial charge is 0.259 e.